The van der Waals surface area contributed by atoms with E-state index < -0.39 is 0 Å². The lowest BCUT2D eigenvalue weighted by molar-refractivity contribution is 0.112. The monoisotopic (exact) mass is 275 g/mol. The quantitative estimate of drug-likeness (QED) is 0.668. The number of anilines is 1. The SMILES string of the molecule is CSNc1ccc(Oc2ncc(C=O)c(C)n2)cc1. The number of rotatable bonds is 5. The van der Waals surface area contributed by atoms with Crippen molar-refractivity contribution in [2.45, 2.75) is 6.92 Å². The topological polar surface area (TPSA) is 64.1 Å². The highest BCUT2D eigenvalue weighted by Crippen LogP contribution is 2.21. The van der Waals surface area contributed by atoms with Gasteiger partial charge in [-0.15, -0.1) is 0 Å². The van der Waals surface area contributed by atoms with E-state index in [0.29, 0.717) is 17.0 Å². The molecule has 0 saturated heterocycles. The van der Waals surface area contributed by atoms with Crippen LogP contribution in [0.1, 0.15) is 16.1 Å². The Morgan fingerprint density at radius 2 is 2.05 bits per heavy atom. The molecule has 1 aromatic heterocycles. The molecule has 1 heterocycles. The summed E-state index contributed by atoms with van der Waals surface area (Å²) < 4.78 is 8.63. The minimum atomic E-state index is 0.230. The molecule has 19 heavy (non-hydrogen) atoms. The number of benzene rings is 1. The van der Waals surface area contributed by atoms with Crippen LogP contribution < -0.4 is 9.46 Å². The predicted molar refractivity (Wildman–Crippen MR) is 75.8 cm³/mol. The summed E-state index contributed by atoms with van der Waals surface area (Å²) in [6.07, 6.45) is 4.13. The van der Waals surface area contributed by atoms with Gasteiger partial charge in [0.15, 0.2) is 6.29 Å². The number of carbonyl (C=O) groups is 1. The van der Waals surface area contributed by atoms with Gasteiger partial charge in [-0.05, 0) is 31.2 Å². The van der Waals surface area contributed by atoms with Crippen molar-refractivity contribution in [2.24, 2.45) is 0 Å². The molecule has 0 fully saturated rings. The van der Waals surface area contributed by atoms with E-state index in [1.807, 2.05) is 30.5 Å². The molecule has 0 amide bonds. The zero-order valence-electron chi connectivity index (χ0n) is 10.6. The molecule has 0 aliphatic carbocycles. The maximum atomic E-state index is 10.7. The van der Waals surface area contributed by atoms with E-state index in [4.69, 9.17) is 4.74 Å². The summed E-state index contributed by atoms with van der Waals surface area (Å²) in [5.41, 5.74) is 2.06. The van der Waals surface area contributed by atoms with Gasteiger partial charge in [-0.3, -0.25) is 4.79 Å². The number of hydrogen-bond donors (Lipinski definition) is 1. The van der Waals surface area contributed by atoms with Crippen LogP contribution in [0.2, 0.25) is 0 Å². The Kier molecular flexibility index (Phi) is 4.35. The zero-order valence-corrected chi connectivity index (χ0v) is 11.4. The summed E-state index contributed by atoms with van der Waals surface area (Å²) >= 11 is 1.52. The summed E-state index contributed by atoms with van der Waals surface area (Å²) in [7, 11) is 0. The Labute approximate surface area is 115 Å². The second-order valence-corrected chi connectivity index (χ2v) is 4.36. The molecule has 2 aromatic rings. The van der Waals surface area contributed by atoms with E-state index in [0.717, 1.165) is 12.0 Å². The Morgan fingerprint density at radius 3 is 2.63 bits per heavy atom. The molecule has 0 aliphatic rings. The third-order valence-electron chi connectivity index (χ3n) is 2.41. The van der Waals surface area contributed by atoms with Crippen molar-refractivity contribution in [2.75, 3.05) is 11.0 Å². The number of nitrogens with zero attached hydrogens (tertiary/aromatic N) is 2. The highest BCUT2D eigenvalue weighted by molar-refractivity contribution is 7.99. The minimum Gasteiger partial charge on any atom is -0.424 e. The highest BCUT2D eigenvalue weighted by atomic mass is 32.2. The number of aryl methyl sites for hydroxylation is 1. The van der Waals surface area contributed by atoms with E-state index in [2.05, 4.69) is 14.7 Å². The predicted octanol–water partition coefficient (Wildman–Crippen LogP) is 3.08. The van der Waals surface area contributed by atoms with Crippen molar-refractivity contribution in [3.05, 3.63) is 41.7 Å². The summed E-state index contributed by atoms with van der Waals surface area (Å²) in [6, 6.07) is 7.68. The third kappa shape index (κ3) is 3.45. The molecular formula is C13H13N3O2S. The van der Waals surface area contributed by atoms with Gasteiger partial charge in [0.1, 0.15) is 5.75 Å². The van der Waals surface area contributed by atoms with Crippen molar-refractivity contribution in [1.82, 2.24) is 9.97 Å². The normalized spacial score (nSPS) is 10.0. The van der Waals surface area contributed by atoms with E-state index in [-0.39, 0.29) is 6.01 Å². The molecule has 0 atom stereocenters. The molecule has 0 bridgehead atoms. The number of nitrogens with one attached hydrogen (secondary N) is 1. The Balaban J connectivity index is 2.12. The van der Waals surface area contributed by atoms with Crippen molar-refractivity contribution in [1.29, 1.82) is 0 Å². The second kappa shape index (κ2) is 6.19. The molecule has 0 unspecified atom stereocenters. The zero-order chi connectivity index (χ0) is 13.7. The van der Waals surface area contributed by atoms with Gasteiger partial charge in [-0.25, -0.2) is 4.98 Å². The van der Waals surface area contributed by atoms with E-state index in [9.17, 15) is 4.79 Å². The molecule has 2 rings (SSSR count). The number of hydrogen-bond acceptors (Lipinski definition) is 6. The first-order valence-electron chi connectivity index (χ1n) is 5.58. The van der Waals surface area contributed by atoms with E-state index >= 15 is 0 Å². The molecule has 0 spiro atoms. The van der Waals surface area contributed by atoms with Gasteiger partial charge < -0.3 is 9.46 Å². The maximum Gasteiger partial charge on any atom is 0.322 e. The van der Waals surface area contributed by atoms with Gasteiger partial charge in [-0.2, -0.15) is 4.98 Å². The van der Waals surface area contributed by atoms with Gasteiger partial charge in [0.05, 0.1) is 11.3 Å². The lowest BCUT2D eigenvalue weighted by Gasteiger charge is -2.06. The van der Waals surface area contributed by atoms with Gasteiger partial charge in [0, 0.05) is 18.1 Å². The van der Waals surface area contributed by atoms with Crippen LogP contribution in [0.15, 0.2) is 30.5 Å². The van der Waals surface area contributed by atoms with Crippen molar-refractivity contribution in [3.8, 4) is 11.8 Å². The lowest BCUT2D eigenvalue weighted by Crippen LogP contribution is -1.97. The second-order valence-electron chi connectivity index (χ2n) is 3.74. The minimum absolute atomic E-state index is 0.230. The Hall–Kier alpha value is -2.08. The van der Waals surface area contributed by atoms with Crippen LogP contribution in [0, 0.1) is 6.92 Å². The average Bonchev–Trinajstić information content (AvgIpc) is 2.42. The molecule has 5 nitrogen and oxygen atoms in total. The Bertz CT molecular complexity index is 573. The Morgan fingerprint density at radius 1 is 1.32 bits per heavy atom. The fourth-order valence-corrected chi connectivity index (χ4v) is 1.81. The van der Waals surface area contributed by atoms with Crippen molar-refractivity contribution in [3.63, 3.8) is 0 Å². The van der Waals surface area contributed by atoms with Gasteiger partial charge in [0.25, 0.3) is 0 Å². The van der Waals surface area contributed by atoms with E-state index in [1.165, 1.54) is 18.1 Å². The van der Waals surface area contributed by atoms with Crippen LogP contribution in [-0.2, 0) is 0 Å². The summed E-state index contributed by atoms with van der Waals surface area (Å²) in [5, 5.41) is 0. The van der Waals surface area contributed by atoms with Crippen LogP contribution in [0.3, 0.4) is 0 Å². The fraction of sp³-hybridized carbons (Fsp3) is 0.154. The van der Waals surface area contributed by atoms with Crippen LogP contribution in [0.5, 0.6) is 11.8 Å². The number of carbonyl (C=O) groups excluding carboxylic acids is 1. The van der Waals surface area contributed by atoms with Gasteiger partial charge >= 0.3 is 6.01 Å². The molecule has 1 aromatic carbocycles. The third-order valence-corrected chi connectivity index (χ3v) is 2.85. The molecule has 0 radical (unpaired) electrons. The van der Waals surface area contributed by atoms with E-state index in [1.54, 1.807) is 6.92 Å². The molecule has 1 N–H and O–H groups in total. The van der Waals surface area contributed by atoms with Crippen LogP contribution >= 0.6 is 11.9 Å². The van der Waals surface area contributed by atoms with Crippen molar-refractivity contribution >= 4 is 23.9 Å². The number of aldehydes is 1. The first kappa shape index (κ1) is 13.4. The van der Waals surface area contributed by atoms with Gasteiger partial charge in [-0.1, -0.05) is 11.9 Å². The highest BCUT2D eigenvalue weighted by Gasteiger charge is 2.04. The number of aromatic nitrogens is 2. The molecular weight excluding hydrogens is 262 g/mol. The maximum absolute atomic E-state index is 10.7. The first-order chi connectivity index (χ1) is 9.22. The molecule has 98 valence electrons. The largest absolute Gasteiger partial charge is 0.424 e. The van der Waals surface area contributed by atoms with Crippen LogP contribution in [0.25, 0.3) is 0 Å². The first-order valence-corrected chi connectivity index (χ1v) is 6.81. The van der Waals surface area contributed by atoms with Crippen LogP contribution in [0.4, 0.5) is 5.69 Å². The average molecular weight is 275 g/mol. The van der Waals surface area contributed by atoms with Crippen LogP contribution in [-0.4, -0.2) is 22.5 Å². The summed E-state index contributed by atoms with van der Waals surface area (Å²) in [5.74, 6) is 0.643. The molecule has 0 saturated carbocycles. The molecule has 0 aliphatic heterocycles. The fourth-order valence-electron chi connectivity index (χ4n) is 1.43. The summed E-state index contributed by atoms with van der Waals surface area (Å²) in [6.45, 7) is 1.74. The van der Waals surface area contributed by atoms with Gasteiger partial charge in [0.2, 0.25) is 0 Å². The smallest absolute Gasteiger partial charge is 0.322 e. The summed E-state index contributed by atoms with van der Waals surface area (Å²) in [4.78, 5) is 18.8. The lowest BCUT2D eigenvalue weighted by atomic mass is 10.3. The molecule has 6 heteroatoms. The number of ether oxygens (including phenoxy) is 1. The van der Waals surface area contributed by atoms with Crippen molar-refractivity contribution < 1.29 is 9.53 Å². The standard InChI is InChI=1S/C13H13N3O2S/c1-9-10(8-17)7-14-13(15-9)18-12-5-3-11(4-6-12)16-19-2/h3-8,16H,1-2H3.